The first-order chi connectivity index (χ1) is 11.1. The predicted octanol–water partition coefficient (Wildman–Crippen LogP) is 3.70. The Balaban J connectivity index is 2.11. The first kappa shape index (κ1) is 16.9. The van der Waals surface area contributed by atoms with Crippen molar-refractivity contribution in [3.05, 3.63) is 30.5 Å². The van der Waals surface area contributed by atoms with Gasteiger partial charge in [0.15, 0.2) is 0 Å². The van der Waals surface area contributed by atoms with E-state index in [4.69, 9.17) is 9.47 Å². The topological polar surface area (TPSA) is 68.3 Å². The minimum atomic E-state index is 0.609. The summed E-state index contributed by atoms with van der Waals surface area (Å²) >= 11 is 0. The fourth-order valence-corrected chi connectivity index (χ4v) is 2.04. The SMILES string of the molecule is COc1ccc(OC)c(Nc2ccnc(NCCC(C)C)n2)c1. The average Bonchev–Trinajstić information content (AvgIpc) is 2.55. The highest BCUT2D eigenvalue weighted by Gasteiger charge is 2.07. The zero-order valence-electron chi connectivity index (χ0n) is 14.1. The van der Waals surface area contributed by atoms with Gasteiger partial charge in [0.25, 0.3) is 0 Å². The summed E-state index contributed by atoms with van der Waals surface area (Å²) in [5, 5.41) is 6.48. The van der Waals surface area contributed by atoms with Crippen molar-refractivity contribution in [2.45, 2.75) is 20.3 Å². The minimum absolute atomic E-state index is 0.609. The summed E-state index contributed by atoms with van der Waals surface area (Å²) in [6, 6.07) is 7.38. The third kappa shape index (κ3) is 5.02. The molecule has 0 fully saturated rings. The first-order valence-electron chi connectivity index (χ1n) is 7.68. The highest BCUT2D eigenvalue weighted by Crippen LogP contribution is 2.31. The zero-order valence-corrected chi connectivity index (χ0v) is 14.1. The quantitative estimate of drug-likeness (QED) is 0.774. The molecule has 1 aromatic heterocycles. The van der Waals surface area contributed by atoms with Gasteiger partial charge in [0, 0.05) is 18.8 Å². The second kappa shape index (κ2) is 8.22. The molecule has 0 saturated carbocycles. The van der Waals surface area contributed by atoms with Crippen LogP contribution in [0.15, 0.2) is 30.5 Å². The van der Waals surface area contributed by atoms with E-state index < -0.39 is 0 Å². The van der Waals surface area contributed by atoms with Crippen LogP contribution in [0.25, 0.3) is 0 Å². The van der Waals surface area contributed by atoms with Crippen molar-refractivity contribution in [1.29, 1.82) is 0 Å². The van der Waals surface area contributed by atoms with E-state index in [9.17, 15) is 0 Å². The van der Waals surface area contributed by atoms with Crippen molar-refractivity contribution in [3.63, 3.8) is 0 Å². The molecular weight excluding hydrogens is 292 g/mol. The third-order valence-corrected chi connectivity index (χ3v) is 3.33. The van der Waals surface area contributed by atoms with Crippen molar-refractivity contribution < 1.29 is 9.47 Å². The molecule has 2 N–H and O–H groups in total. The molecule has 0 atom stereocenters. The van der Waals surface area contributed by atoms with Gasteiger partial charge in [0.1, 0.15) is 17.3 Å². The van der Waals surface area contributed by atoms with Crippen LogP contribution >= 0.6 is 0 Å². The Kier molecular flexibility index (Phi) is 6.02. The number of nitrogens with one attached hydrogen (secondary N) is 2. The Morgan fingerprint density at radius 1 is 1.13 bits per heavy atom. The van der Waals surface area contributed by atoms with Gasteiger partial charge < -0.3 is 20.1 Å². The van der Waals surface area contributed by atoms with Crippen LogP contribution in [-0.2, 0) is 0 Å². The maximum absolute atomic E-state index is 5.36. The monoisotopic (exact) mass is 316 g/mol. The largest absolute Gasteiger partial charge is 0.497 e. The van der Waals surface area contributed by atoms with E-state index in [1.54, 1.807) is 20.4 Å². The molecule has 0 saturated heterocycles. The van der Waals surface area contributed by atoms with Gasteiger partial charge in [-0.15, -0.1) is 0 Å². The number of rotatable bonds is 8. The fraction of sp³-hybridized carbons (Fsp3) is 0.412. The van der Waals surface area contributed by atoms with Gasteiger partial charge in [-0.3, -0.25) is 0 Å². The van der Waals surface area contributed by atoms with Gasteiger partial charge in [-0.25, -0.2) is 4.98 Å². The minimum Gasteiger partial charge on any atom is -0.497 e. The van der Waals surface area contributed by atoms with E-state index in [0.717, 1.165) is 30.2 Å². The van der Waals surface area contributed by atoms with E-state index in [2.05, 4.69) is 34.4 Å². The Labute approximate surface area is 137 Å². The number of nitrogens with zero attached hydrogens (tertiary/aromatic N) is 2. The Bertz CT molecular complexity index is 632. The maximum atomic E-state index is 5.36. The predicted molar refractivity (Wildman–Crippen MR) is 92.8 cm³/mol. The van der Waals surface area contributed by atoms with Gasteiger partial charge in [-0.1, -0.05) is 13.8 Å². The summed E-state index contributed by atoms with van der Waals surface area (Å²) < 4.78 is 10.6. The van der Waals surface area contributed by atoms with Crippen molar-refractivity contribution >= 4 is 17.5 Å². The summed E-state index contributed by atoms with van der Waals surface area (Å²) in [5.74, 6) is 3.41. The molecule has 0 radical (unpaired) electrons. The number of benzene rings is 1. The summed E-state index contributed by atoms with van der Waals surface area (Å²) in [5.41, 5.74) is 0.790. The van der Waals surface area contributed by atoms with Gasteiger partial charge >= 0.3 is 0 Å². The molecule has 1 heterocycles. The molecule has 0 bridgehead atoms. The number of hydrogen-bond donors (Lipinski definition) is 2. The van der Waals surface area contributed by atoms with Crippen LogP contribution < -0.4 is 20.1 Å². The highest BCUT2D eigenvalue weighted by molar-refractivity contribution is 5.66. The van der Waals surface area contributed by atoms with Crippen LogP contribution in [-0.4, -0.2) is 30.7 Å². The Morgan fingerprint density at radius 2 is 1.96 bits per heavy atom. The molecule has 6 nitrogen and oxygen atoms in total. The van der Waals surface area contributed by atoms with Crippen LogP contribution in [0.5, 0.6) is 11.5 Å². The lowest BCUT2D eigenvalue weighted by Crippen LogP contribution is -2.08. The summed E-state index contributed by atoms with van der Waals surface area (Å²) in [4.78, 5) is 8.70. The van der Waals surface area contributed by atoms with Crippen molar-refractivity contribution in [3.8, 4) is 11.5 Å². The van der Waals surface area contributed by atoms with Crippen molar-refractivity contribution in [1.82, 2.24) is 9.97 Å². The second-order valence-corrected chi connectivity index (χ2v) is 5.57. The molecule has 2 aromatic rings. The second-order valence-electron chi connectivity index (χ2n) is 5.57. The van der Waals surface area contributed by atoms with E-state index >= 15 is 0 Å². The normalized spacial score (nSPS) is 10.5. The van der Waals surface area contributed by atoms with Crippen LogP contribution in [0.2, 0.25) is 0 Å². The molecule has 0 aliphatic rings. The number of anilines is 3. The molecule has 0 aliphatic carbocycles. The van der Waals surface area contributed by atoms with E-state index in [0.29, 0.717) is 17.7 Å². The van der Waals surface area contributed by atoms with Crippen LogP contribution in [0, 0.1) is 5.92 Å². The molecule has 6 heteroatoms. The highest BCUT2D eigenvalue weighted by atomic mass is 16.5. The van der Waals surface area contributed by atoms with Gasteiger partial charge in [-0.2, -0.15) is 4.98 Å². The molecule has 23 heavy (non-hydrogen) atoms. The standard InChI is InChI=1S/C17H24N4O2/c1-12(2)7-9-18-17-19-10-8-16(21-17)20-14-11-13(22-3)5-6-15(14)23-4/h5-6,8,10-12H,7,9H2,1-4H3,(H2,18,19,20,21). The number of hydrogen-bond acceptors (Lipinski definition) is 6. The Morgan fingerprint density at radius 3 is 2.65 bits per heavy atom. The van der Waals surface area contributed by atoms with Crippen LogP contribution in [0.3, 0.4) is 0 Å². The van der Waals surface area contributed by atoms with Gasteiger partial charge in [0.2, 0.25) is 5.95 Å². The number of aromatic nitrogens is 2. The summed E-state index contributed by atoms with van der Waals surface area (Å²) in [6.07, 6.45) is 2.80. The zero-order chi connectivity index (χ0) is 16.7. The van der Waals surface area contributed by atoms with Gasteiger partial charge in [0.05, 0.1) is 19.9 Å². The number of ether oxygens (including phenoxy) is 2. The molecule has 124 valence electrons. The summed E-state index contributed by atoms with van der Waals surface area (Å²) in [7, 11) is 3.26. The van der Waals surface area contributed by atoms with E-state index in [1.165, 1.54) is 0 Å². The van der Waals surface area contributed by atoms with Gasteiger partial charge in [-0.05, 0) is 30.5 Å². The molecule has 2 rings (SSSR count). The lowest BCUT2D eigenvalue weighted by atomic mass is 10.1. The molecule has 1 aromatic carbocycles. The smallest absolute Gasteiger partial charge is 0.224 e. The Hall–Kier alpha value is -2.50. The van der Waals surface area contributed by atoms with Crippen molar-refractivity contribution in [2.24, 2.45) is 5.92 Å². The van der Waals surface area contributed by atoms with E-state index in [1.807, 2.05) is 24.3 Å². The average molecular weight is 316 g/mol. The molecule has 0 unspecified atom stereocenters. The lowest BCUT2D eigenvalue weighted by Gasteiger charge is -2.13. The van der Waals surface area contributed by atoms with Crippen LogP contribution in [0.1, 0.15) is 20.3 Å². The third-order valence-electron chi connectivity index (χ3n) is 3.33. The lowest BCUT2D eigenvalue weighted by molar-refractivity contribution is 0.405. The fourth-order valence-electron chi connectivity index (χ4n) is 2.04. The van der Waals surface area contributed by atoms with Crippen molar-refractivity contribution in [2.75, 3.05) is 31.4 Å². The number of methoxy groups -OCH3 is 2. The van der Waals surface area contributed by atoms with Crippen LogP contribution in [0.4, 0.5) is 17.5 Å². The molecule has 0 spiro atoms. The first-order valence-corrected chi connectivity index (χ1v) is 7.68. The molecular formula is C17H24N4O2. The summed E-state index contributed by atoms with van der Waals surface area (Å²) in [6.45, 7) is 5.23. The molecule has 0 aliphatic heterocycles. The maximum Gasteiger partial charge on any atom is 0.224 e. The molecule has 0 amide bonds. The van der Waals surface area contributed by atoms with E-state index in [-0.39, 0.29) is 0 Å².